The summed E-state index contributed by atoms with van der Waals surface area (Å²) in [6.07, 6.45) is -4.01. The maximum atomic E-state index is 12.8. The molecule has 2 aromatic carbocycles. The van der Waals surface area contributed by atoms with Crippen molar-refractivity contribution in [3.05, 3.63) is 58.1 Å². The number of anilines is 1. The molecular formula is C19H20F3N3O5S. The molecular weight excluding hydrogens is 439 g/mol. The topological polar surface area (TPSA) is 102 Å². The fourth-order valence-corrected chi connectivity index (χ4v) is 4.81. The number of halogens is 3. The van der Waals surface area contributed by atoms with Crippen molar-refractivity contribution in [2.75, 3.05) is 25.5 Å². The Kier molecular flexibility index (Phi) is 6.41. The summed E-state index contributed by atoms with van der Waals surface area (Å²) in [6, 6.07) is 7.97. The first-order valence-electron chi connectivity index (χ1n) is 9.29. The number of hydrogen-bond acceptors (Lipinski definition) is 6. The van der Waals surface area contributed by atoms with E-state index in [1.54, 1.807) is 12.1 Å². The molecule has 31 heavy (non-hydrogen) atoms. The highest BCUT2D eigenvalue weighted by Gasteiger charge is 2.34. The molecule has 12 heteroatoms. The van der Waals surface area contributed by atoms with Crippen LogP contribution in [-0.4, -0.2) is 43.9 Å². The lowest BCUT2D eigenvalue weighted by atomic mass is 10.1. The molecule has 1 saturated heterocycles. The van der Waals surface area contributed by atoms with Crippen LogP contribution in [0.25, 0.3) is 0 Å². The highest BCUT2D eigenvalue weighted by molar-refractivity contribution is 7.89. The number of methoxy groups -OCH3 is 1. The summed E-state index contributed by atoms with van der Waals surface area (Å²) >= 11 is 0. The van der Waals surface area contributed by atoms with Gasteiger partial charge < -0.3 is 10.1 Å². The van der Waals surface area contributed by atoms with Gasteiger partial charge in [-0.05, 0) is 49.2 Å². The minimum atomic E-state index is -4.69. The van der Waals surface area contributed by atoms with Crippen LogP contribution >= 0.6 is 0 Å². The first-order chi connectivity index (χ1) is 14.5. The summed E-state index contributed by atoms with van der Waals surface area (Å²) in [5, 5.41) is 14.1. The smallest absolute Gasteiger partial charge is 0.416 e. The molecule has 2 aromatic rings. The third kappa shape index (κ3) is 5.07. The largest absolute Gasteiger partial charge is 0.497 e. The lowest BCUT2D eigenvalue weighted by molar-refractivity contribution is -0.384. The highest BCUT2D eigenvalue weighted by Crippen LogP contribution is 2.36. The molecule has 0 saturated carbocycles. The second kappa shape index (κ2) is 8.71. The standard InChI is InChI=1S/C19H20F3N3O5S/c1-30-15-3-5-16(6-4-15)31(28,29)24-10-8-14(9-11-24)23-17-7-2-13(19(20,21)22)12-18(17)25(26)27/h2-7,12,14,23H,8-11H2,1H3. The van der Waals surface area contributed by atoms with Gasteiger partial charge in [-0.3, -0.25) is 10.1 Å². The van der Waals surface area contributed by atoms with Crippen molar-refractivity contribution in [3.63, 3.8) is 0 Å². The highest BCUT2D eigenvalue weighted by atomic mass is 32.2. The van der Waals surface area contributed by atoms with Gasteiger partial charge in [-0.1, -0.05) is 0 Å². The number of nitro groups is 1. The normalized spacial score (nSPS) is 16.1. The predicted octanol–water partition coefficient (Wildman–Crippen LogP) is 3.89. The van der Waals surface area contributed by atoms with E-state index >= 15 is 0 Å². The predicted molar refractivity (Wildman–Crippen MR) is 106 cm³/mol. The second-order valence-electron chi connectivity index (χ2n) is 6.99. The number of hydrogen-bond donors (Lipinski definition) is 1. The summed E-state index contributed by atoms with van der Waals surface area (Å²) in [4.78, 5) is 10.5. The number of piperidine rings is 1. The van der Waals surface area contributed by atoms with Crippen LogP contribution < -0.4 is 10.1 Å². The van der Waals surface area contributed by atoms with Crippen molar-refractivity contribution in [1.29, 1.82) is 0 Å². The van der Waals surface area contributed by atoms with Crippen molar-refractivity contribution >= 4 is 21.4 Å². The molecule has 1 heterocycles. The molecule has 1 N–H and O–H groups in total. The molecule has 0 aliphatic carbocycles. The summed E-state index contributed by atoms with van der Waals surface area (Å²) in [7, 11) is -2.24. The van der Waals surface area contributed by atoms with Gasteiger partial charge in [-0.15, -0.1) is 0 Å². The van der Waals surface area contributed by atoms with E-state index in [0.29, 0.717) is 24.7 Å². The van der Waals surface area contributed by atoms with E-state index in [1.165, 1.54) is 23.5 Å². The van der Waals surface area contributed by atoms with Crippen molar-refractivity contribution in [2.45, 2.75) is 30.0 Å². The molecule has 3 rings (SSSR count). The monoisotopic (exact) mass is 459 g/mol. The zero-order valence-corrected chi connectivity index (χ0v) is 17.2. The van der Waals surface area contributed by atoms with Crippen LogP contribution in [0.1, 0.15) is 18.4 Å². The Morgan fingerprint density at radius 2 is 1.74 bits per heavy atom. The quantitative estimate of drug-likeness (QED) is 0.520. The summed E-state index contributed by atoms with van der Waals surface area (Å²) in [5.74, 6) is 0.528. The first kappa shape index (κ1) is 22.8. The fraction of sp³-hybridized carbons (Fsp3) is 0.368. The van der Waals surface area contributed by atoms with Crippen molar-refractivity contribution in [2.24, 2.45) is 0 Å². The molecule has 0 unspecified atom stereocenters. The number of sulfonamides is 1. The molecule has 0 spiro atoms. The molecule has 1 aliphatic rings. The van der Waals surface area contributed by atoms with E-state index in [2.05, 4.69) is 5.32 Å². The average Bonchev–Trinajstić information content (AvgIpc) is 2.73. The van der Waals surface area contributed by atoms with Gasteiger partial charge >= 0.3 is 6.18 Å². The maximum Gasteiger partial charge on any atom is 0.416 e. The van der Waals surface area contributed by atoms with E-state index in [9.17, 15) is 31.7 Å². The van der Waals surface area contributed by atoms with Crippen molar-refractivity contribution in [1.82, 2.24) is 4.31 Å². The van der Waals surface area contributed by atoms with Crippen molar-refractivity contribution < 1.29 is 31.2 Å². The Morgan fingerprint density at radius 3 is 2.26 bits per heavy atom. The van der Waals surface area contributed by atoms with Crippen LogP contribution in [-0.2, 0) is 16.2 Å². The summed E-state index contributed by atoms with van der Waals surface area (Å²) in [6.45, 7) is 0.334. The number of nitro benzene ring substituents is 1. The van der Waals surface area contributed by atoms with Crippen molar-refractivity contribution in [3.8, 4) is 5.75 Å². The Morgan fingerprint density at radius 1 is 1.13 bits per heavy atom. The summed E-state index contributed by atoms with van der Waals surface area (Å²) in [5.41, 5.74) is -1.82. The molecule has 8 nitrogen and oxygen atoms in total. The fourth-order valence-electron chi connectivity index (χ4n) is 3.34. The van der Waals surface area contributed by atoms with Gasteiger partial charge in [0, 0.05) is 25.2 Å². The Balaban J connectivity index is 1.69. The molecule has 1 fully saturated rings. The lowest BCUT2D eigenvalue weighted by Gasteiger charge is -2.32. The van der Waals surface area contributed by atoms with E-state index in [0.717, 1.165) is 12.1 Å². The Labute approximate surface area is 176 Å². The number of nitrogens with one attached hydrogen (secondary N) is 1. The van der Waals surface area contributed by atoms with Gasteiger partial charge in [-0.25, -0.2) is 8.42 Å². The SMILES string of the molecule is COc1ccc(S(=O)(=O)N2CCC(Nc3ccc(C(F)(F)F)cc3[N+](=O)[O-])CC2)cc1. The van der Waals surface area contributed by atoms with Gasteiger partial charge in [0.05, 0.1) is 22.5 Å². The zero-order chi connectivity index (χ0) is 22.8. The van der Waals surface area contributed by atoms with Gasteiger partial charge in [0.25, 0.3) is 5.69 Å². The Bertz CT molecular complexity index is 1050. The molecule has 0 aromatic heterocycles. The molecule has 1 aliphatic heterocycles. The van der Waals surface area contributed by atoms with E-state index in [1.807, 2.05) is 0 Å². The van der Waals surface area contributed by atoms with Crippen LogP contribution in [0, 0.1) is 10.1 Å². The van der Waals surface area contributed by atoms with Gasteiger partial charge in [0.15, 0.2) is 0 Å². The van der Waals surface area contributed by atoms with Crippen LogP contribution in [0.3, 0.4) is 0 Å². The summed E-state index contributed by atoms with van der Waals surface area (Å²) < 4.78 is 70.5. The van der Waals surface area contributed by atoms with Gasteiger partial charge in [-0.2, -0.15) is 17.5 Å². The number of nitrogens with zero attached hydrogens (tertiary/aromatic N) is 2. The molecule has 168 valence electrons. The number of rotatable bonds is 6. The third-order valence-electron chi connectivity index (χ3n) is 5.03. The minimum absolute atomic E-state index is 0.0329. The molecule has 0 bridgehead atoms. The molecule has 0 atom stereocenters. The number of alkyl halides is 3. The van der Waals surface area contributed by atoms with Gasteiger partial charge in [0.2, 0.25) is 10.0 Å². The first-order valence-corrected chi connectivity index (χ1v) is 10.7. The molecule has 0 radical (unpaired) electrons. The van der Waals surface area contributed by atoms with Gasteiger partial charge in [0.1, 0.15) is 11.4 Å². The second-order valence-corrected chi connectivity index (χ2v) is 8.92. The lowest BCUT2D eigenvalue weighted by Crippen LogP contribution is -2.42. The van der Waals surface area contributed by atoms with Crippen LogP contribution in [0.4, 0.5) is 24.5 Å². The van der Waals surface area contributed by atoms with Crippen LogP contribution in [0.15, 0.2) is 47.4 Å². The number of ether oxygens (including phenoxy) is 1. The average molecular weight is 459 g/mol. The van der Waals surface area contributed by atoms with E-state index in [4.69, 9.17) is 4.74 Å². The van der Waals surface area contributed by atoms with E-state index in [-0.39, 0.29) is 29.7 Å². The minimum Gasteiger partial charge on any atom is -0.497 e. The Hall–Kier alpha value is -2.86. The maximum absolute atomic E-state index is 12.8. The van der Waals surface area contributed by atoms with E-state index < -0.39 is 32.4 Å². The molecule has 0 amide bonds. The third-order valence-corrected chi connectivity index (χ3v) is 6.95. The number of benzene rings is 2. The van der Waals surface area contributed by atoms with Crippen LogP contribution in [0.2, 0.25) is 0 Å². The van der Waals surface area contributed by atoms with Crippen LogP contribution in [0.5, 0.6) is 5.75 Å². The zero-order valence-electron chi connectivity index (χ0n) is 16.4.